The molecular formula is C16H18BrClN2O3. The Kier molecular flexibility index (Phi) is 5.84. The van der Waals surface area contributed by atoms with Crippen molar-refractivity contribution in [3.8, 4) is 0 Å². The molecule has 1 aliphatic heterocycles. The first-order valence-electron chi connectivity index (χ1n) is 7.31. The minimum atomic E-state index is -0.589. The van der Waals surface area contributed by atoms with Crippen molar-refractivity contribution in [1.29, 1.82) is 0 Å². The quantitative estimate of drug-likeness (QED) is 0.759. The highest BCUT2D eigenvalue weighted by Crippen LogP contribution is 2.23. The van der Waals surface area contributed by atoms with Crippen LogP contribution in [0.1, 0.15) is 28.8 Å². The zero-order valence-corrected chi connectivity index (χ0v) is 15.1. The topological polar surface area (TPSA) is 71.3 Å². The zero-order valence-electron chi connectivity index (χ0n) is 12.6. The fourth-order valence-electron chi connectivity index (χ4n) is 2.82. The summed E-state index contributed by atoms with van der Waals surface area (Å²) in [6, 6.07) is 5.43. The summed E-state index contributed by atoms with van der Waals surface area (Å²) < 4.78 is 6.16. The summed E-state index contributed by atoms with van der Waals surface area (Å²) in [6.45, 7) is 3.48. The molecule has 0 aliphatic carbocycles. The summed E-state index contributed by atoms with van der Waals surface area (Å²) in [7, 11) is 0. The summed E-state index contributed by atoms with van der Waals surface area (Å²) >= 11 is 3.40. The van der Waals surface area contributed by atoms with E-state index in [1.165, 1.54) is 0 Å². The molecule has 0 bridgehead atoms. The van der Waals surface area contributed by atoms with Gasteiger partial charge in [-0.15, -0.1) is 12.4 Å². The number of piperidine rings is 1. The molecule has 1 amide bonds. The van der Waals surface area contributed by atoms with Gasteiger partial charge in [-0.2, -0.15) is 0 Å². The molecule has 3 rings (SSSR count). The van der Waals surface area contributed by atoms with Gasteiger partial charge in [-0.05, 0) is 50.1 Å². The van der Waals surface area contributed by atoms with Crippen LogP contribution in [-0.4, -0.2) is 25.0 Å². The van der Waals surface area contributed by atoms with E-state index in [2.05, 4.69) is 26.6 Å². The number of rotatable bonds is 2. The van der Waals surface area contributed by atoms with Gasteiger partial charge in [0.2, 0.25) is 0 Å². The van der Waals surface area contributed by atoms with Gasteiger partial charge in [-0.1, -0.05) is 15.9 Å². The largest absolute Gasteiger partial charge is 0.422 e. The molecular weight excluding hydrogens is 384 g/mol. The van der Waals surface area contributed by atoms with E-state index in [9.17, 15) is 9.59 Å². The fraction of sp³-hybridized carbons (Fsp3) is 0.375. The van der Waals surface area contributed by atoms with E-state index in [0.717, 1.165) is 35.8 Å². The Morgan fingerprint density at radius 1 is 1.43 bits per heavy atom. The lowest BCUT2D eigenvalue weighted by Gasteiger charge is -2.23. The summed E-state index contributed by atoms with van der Waals surface area (Å²) in [6.07, 6.45) is 1.94. The molecule has 2 aromatic rings. The van der Waals surface area contributed by atoms with Crippen molar-refractivity contribution in [3.63, 3.8) is 0 Å². The molecule has 1 aromatic carbocycles. The van der Waals surface area contributed by atoms with Crippen LogP contribution >= 0.6 is 28.3 Å². The molecule has 7 heteroatoms. The van der Waals surface area contributed by atoms with Crippen LogP contribution in [0.2, 0.25) is 0 Å². The predicted octanol–water partition coefficient (Wildman–Crippen LogP) is 2.77. The van der Waals surface area contributed by atoms with Crippen LogP contribution in [0.15, 0.2) is 31.9 Å². The second-order valence-corrected chi connectivity index (χ2v) is 6.46. The number of hydrogen-bond acceptors (Lipinski definition) is 4. The van der Waals surface area contributed by atoms with E-state index in [1.54, 1.807) is 19.1 Å². The number of amides is 1. The first-order valence-corrected chi connectivity index (χ1v) is 8.10. The Hall–Kier alpha value is -1.37. The Labute approximate surface area is 148 Å². The molecule has 1 saturated heterocycles. The van der Waals surface area contributed by atoms with Gasteiger partial charge in [-0.3, -0.25) is 4.79 Å². The van der Waals surface area contributed by atoms with E-state index < -0.39 is 5.63 Å². The smallest absolute Gasteiger partial charge is 0.349 e. The van der Waals surface area contributed by atoms with Gasteiger partial charge in [0.05, 0.1) is 0 Å². The molecule has 5 nitrogen and oxygen atoms in total. The number of halogens is 2. The summed E-state index contributed by atoms with van der Waals surface area (Å²) in [5.41, 5.74) is 0.639. The first-order chi connectivity index (χ1) is 10.6. The first kappa shape index (κ1) is 18.0. The van der Waals surface area contributed by atoms with Crippen molar-refractivity contribution in [1.82, 2.24) is 10.6 Å². The molecule has 0 radical (unpaired) electrons. The third-order valence-electron chi connectivity index (χ3n) is 3.99. The molecule has 0 spiro atoms. The van der Waals surface area contributed by atoms with Crippen molar-refractivity contribution in [2.24, 2.45) is 0 Å². The summed E-state index contributed by atoms with van der Waals surface area (Å²) in [4.78, 5) is 24.6. The Morgan fingerprint density at radius 2 is 2.22 bits per heavy atom. The predicted molar refractivity (Wildman–Crippen MR) is 95.5 cm³/mol. The second-order valence-electron chi connectivity index (χ2n) is 5.55. The van der Waals surface area contributed by atoms with Crippen molar-refractivity contribution < 1.29 is 9.21 Å². The van der Waals surface area contributed by atoms with Crippen LogP contribution in [-0.2, 0) is 0 Å². The van der Waals surface area contributed by atoms with Gasteiger partial charge in [0.15, 0.2) is 0 Å². The number of aryl methyl sites for hydroxylation is 1. The molecule has 1 aromatic heterocycles. The number of carbonyl (C=O) groups is 1. The van der Waals surface area contributed by atoms with Crippen molar-refractivity contribution >= 4 is 45.2 Å². The molecule has 0 saturated carbocycles. The Morgan fingerprint density at radius 3 is 2.91 bits per heavy atom. The normalized spacial score (nSPS) is 17.6. The highest BCUT2D eigenvalue weighted by molar-refractivity contribution is 9.10. The van der Waals surface area contributed by atoms with Gasteiger partial charge < -0.3 is 15.1 Å². The van der Waals surface area contributed by atoms with E-state index in [0.29, 0.717) is 11.1 Å². The SMILES string of the molecule is Cc1c(C(=O)NC2CCCNC2)c(=O)oc2ccc(Br)cc12.Cl. The summed E-state index contributed by atoms with van der Waals surface area (Å²) in [5, 5.41) is 6.92. The zero-order chi connectivity index (χ0) is 15.7. The number of nitrogens with one attached hydrogen (secondary N) is 2. The lowest BCUT2D eigenvalue weighted by atomic mass is 10.0. The average Bonchev–Trinajstić information content (AvgIpc) is 2.49. The Balaban J connectivity index is 0.00000192. The number of hydrogen-bond donors (Lipinski definition) is 2. The fourth-order valence-corrected chi connectivity index (χ4v) is 3.18. The van der Waals surface area contributed by atoms with E-state index >= 15 is 0 Å². The van der Waals surface area contributed by atoms with Crippen LogP contribution in [0, 0.1) is 6.92 Å². The minimum Gasteiger partial charge on any atom is -0.422 e. The minimum absolute atomic E-state index is 0. The maximum atomic E-state index is 12.5. The van der Waals surface area contributed by atoms with Crippen molar-refractivity contribution in [2.45, 2.75) is 25.8 Å². The molecule has 1 fully saturated rings. The van der Waals surface area contributed by atoms with Crippen molar-refractivity contribution in [2.75, 3.05) is 13.1 Å². The lowest BCUT2D eigenvalue weighted by molar-refractivity contribution is 0.0926. The van der Waals surface area contributed by atoms with Crippen LogP contribution in [0.25, 0.3) is 11.0 Å². The molecule has 1 unspecified atom stereocenters. The van der Waals surface area contributed by atoms with Gasteiger partial charge in [0.1, 0.15) is 11.1 Å². The number of fused-ring (bicyclic) bond motifs is 1. The van der Waals surface area contributed by atoms with Gasteiger partial charge >= 0.3 is 5.63 Å². The van der Waals surface area contributed by atoms with E-state index in [-0.39, 0.29) is 29.9 Å². The molecule has 124 valence electrons. The standard InChI is InChI=1S/C16H17BrN2O3.ClH/c1-9-12-7-10(17)4-5-13(12)22-16(21)14(9)15(20)19-11-3-2-6-18-8-11;/h4-5,7,11,18H,2-3,6,8H2,1H3,(H,19,20);1H. The second kappa shape index (κ2) is 7.47. The van der Waals surface area contributed by atoms with Gasteiger partial charge in [-0.25, -0.2) is 4.79 Å². The molecule has 23 heavy (non-hydrogen) atoms. The Bertz CT molecular complexity index is 785. The van der Waals surface area contributed by atoms with Crippen LogP contribution in [0.4, 0.5) is 0 Å². The third kappa shape index (κ3) is 3.76. The van der Waals surface area contributed by atoms with Crippen LogP contribution < -0.4 is 16.3 Å². The molecule has 1 atom stereocenters. The van der Waals surface area contributed by atoms with E-state index in [1.807, 2.05) is 6.07 Å². The monoisotopic (exact) mass is 400 g/mol. The van der Waals surface area contributed by atoms with Gasteiger partial charge in [0, 0.05) is 22.4 Å². The number of benzene rings is 1. The average molecular weight is 402 g/mol. The molecule has 2 N–H and O–H groups in total. The van der Waals surface area contributed by atoms with Gasteiger partial charge in [0.25, 0.3) is 5.91 Å². The maximum Gasteiger partial charge on any atom is 0.349 e. The third-order valence-corrected chi connectivity index (χ3v) is 4.48. The molecule has 2 heterocycles. The highest BCUT2D eigenvalue weighted by Gasteiger charge is 2.22. The van der Waals surface area contributed by atoms with Crippen molar-refractivity contribution in [3.05, 3.63) is 44.2 Å². The highest BCUT2D eigenvalue weighted by atomic mass is 79.9. The maximum absolute atomic E-state index is 12.5. The molecule has 1 aliphatic rings. The van der Waals surface area contributed by atoms with Crippen LogP contribution in [0.3, 0.4) is 0 Å². The van der Waals surface area contributed by atoms with E-state index in [4.69, 9.17) is 4.42 Å². The van der Waals surface area contributed by atoms with Crippen LogP contribution in [0.5, 0.6) is 0 Å². The summed E-state index contributed by atoms with van der Waals surface area (Å²) in [5.74, 6) is -0.359. The number of carbonyl (C=O) groups excluding carboxylic acids is 1. The lowest BCUT2D eigenvalue weighted by Crippen LogP contribution is -2.46.